The van der Waals surface area contributed by atoms with Crippen molar-refractivity contribution in [3.63, 3.8) is 0 Å². The molecule has 0 aromatic carbocycles. The molecule has 1 aromatic heterocycles. The van der Waals surface area contributed by atoms with Gasteiger partial charge in [-0.2, -0.15) is 15.3 Å². The monoisotopic (exact) mass is 263 g/mol. The van der Waals surface area contributed by atoms with Crippen LogP contribution >= 0.6 is 12.2 Å². The van der Waals surface area contributed by atoms with Gasteiger partial charge in [-0.25, -0.2) is 0 Å². The summed E-state index contributed by atoms with van der Waals surface area (Å²) in [6.45, 7) is 3.97. The van der Waals surface area contributed by atoms with Gasteiger partial charge in [0.25, 0.3) is 0 Å². The summed E-state index contributed by atoms with van der Waals surface area (Å²) in [5.41, 5.74) is 4.74. The molecule has 1 fully saturated rings. The minimum absolute atomic E-state index is 0.705. The molecule has 0 spiro atoms. The van der Waals surface area contributed by atoms with Crippen molar-refractivity contribution in [2.75, 3.05) is 13.1 Å². The van der Waals surface area contributed by atoms with E-state index in [9.17, 15) is 0 Å². The molecule has 0 atom stereocenters. The fraction of sp³-hybridized carbons (Fsp3) is 0.500. The standard InChI is InChI=1S/C12H17N5S/c1-10(11-5-6-13-14-9-11)15-16-12(18)17-7-3-2-4-8-17/h5-6,9H,2-4,7-8H2,1H3,(H,16,18)/b15-10+. The molecule has 0 bridgehead atoms. The predicted octanol–water partition coefficient (Wildman–Crippen LogP) is 1.56. The van der Waals surface area contributed by atoms with E-state index in [-0.39, 0.29) is 0 Å². The largest absolute Gasteiger partial charge is 0.348 e. The summed E-state index contributed by atoms with van der Waals surface area (Å²) in [5.74, 6) is 0. The zero-order valence-electron chi connectivity index (χ0n) is 10.5. The lowest BCUT2D eigenvalue weighted by Gasteiger charge is -2.28. The highest BCUT2D eigenvalue weighted by molar-refractivity contribution is 7.80. The first-order valence-corrected chi connectivity index (χ1v) is 6.54. The van der Waals surface area contributed by atoms with Gasteiger partial charge in [0.2, 0.25) is 0 Å². The molecule has 1 saturated heterocycles. The van der Waals surface area contributed by atoms with Crippen LogP contribution in [0.2, 0.25) is 0 Å². The van der Waals surface area contributed by atoms with E-state index in [2.05, 4.69) is 25.6 Å². The molecule has 5 nitrogen and oxygen atoms in total. The Labute approximate surface area is 112 Å². The van der Waals surface area contributed by atoms with E-state index in [0.29, 0.717) is 5.11 Å². The fourth-order valence-electron chi connectivity index (χ4n) is 1.87. The van der Waals surface area contributed by atoms with Gasteiger partial charge in [-0.15, -0.1) is 0 Å². The third-order valence-electron chi connectivity index (χ3n) is 2.96. The number of aromatic nitrogens is 2. The summed E-state index contributed by atoms with van der Waals surface area (Å²) < 4.78 is 0. The molecule has 96 valence electrons. The summed E-state index contributed by atoms with van der Waals surface area (Å²) in [6.07, 6.45) is 7.05. The van der Waals surface area contributed by atoms with Crippen molar-refractivity contribution < 1.29 is 0 Å². The lowest BCUT2D eigenvalue weighted by atomic mass is 10.1. The molecule has 18 heavy (non-hydrogen) atoms. The number of nitrogens with one attached hydrogen (secondary N) is 1. The van der Waals surface area contributed by atoms with Crippen molar-refractivity contribution in [1.82, 2.24) is 20.5 Å². The second-order valence-corrected chi connectivity index (χ2v) is 4.68. The zero-order valence-corrected chi connectivity index (χ0v) is 11.3. The van der Waals surface area contributed by atoms with Gasteiger partial charge in [0.05, 0.1) is 18.1 Å². The number of rotatable bonds is 2. The van der Waals surface area contributed by atoms with Gasteiger partial charge < -0.3 is 4.90 Å². The third-order valence-corrected chi connectivity index (χ3v) is 3.31. The molecule has 6 heteroatoms. The van der Waals surface area contributed by atoms with Gasteiger partial charge in [-0.05, 0) is 44.5 Å². The van der Waals surface area contributed by atoms with Crippen LogP contribution in [0.4, 0.5) is 0 Å². The highest BCUT2D eigenvalue weighted by atomic mass is 32.1. The first kappa shape index (κ1) is 12.9. The van der Waals surface area contributed by atoms with E-state index in [1.54, 1.807) is 12.4 Å². The summed E-state index contributed by atoms with van der Waals surface area (Å²) in [7, 11) is 0. The Morgan fingerprint density at radius 2 is 2.11 bits per heavy atom. The Bertz CT molecular complexity index is 425. The molecule has 0 radical (unpaired) electrons. The van der Waals surface area contributed by atoms with Crippen molar-refractivity contribution in [2.24, 2.45) is 5.10 Å². The average Bonchev–Trinajstić information content (AvgIpc) is 2.46. The van der Waals surface area contributed by atoms with Crippen molar-refractivity contribution in [3.8, 4) is 0 Å². The van der Waals surface area contributed by atoms with E-state index in [1.165, 1.54) is 19.3 Å². The molecule has 1 N–H and O–H groups in total. The fourth-order valence-corrected chi connectivity index (χ4v) is 2.10. The minimum atomic E-state index is 0.705. The lowest BCUT2D eigenvalue weighted by Crippen LogP contribution is -2.40. The van der Waals surface area contributed by atoms with E-state index >= 15 is 0 Å². The topological polar surface area (TPSA) is 53.4 Å². The van der Waals surface area contributed by atoms with E-state index in [0.717, 1.165) is 24.4 Å². The Morgan fingerprint density at radius 1 is 1.33 bits per heavy atom. The van der Waals surface area contributed by atoms with Gasteiger partial charge in [0, 0.05) is 18.7 Å². The summed E-state index contributed by atoms with van der Waals surface area (Å²) in [6, 6.07) is 1.87. The Balaban J connectivity index is 1.91. The molecule has 2 heterocycles. The summed E-state index contributed by atoms with van der Waals surface area (Å²) in [5, 5.41) is 12.5. The third kappa shape index (κ3) is 3.46. The maximum Gasteiger partial charge on any atom is 0.189 e. The van der Waals surface area contributed by atoms with Gasteiger partial charge in [0.1, 0.15) is 0 Å². The van der Waals surface area contributed by atoms with Gasteiger partial charge in [0.15, 0.2) is 5.11 Å². The number of nitrogens with zero attached hydrogens (tertiary/aromatic N) is 4. The summed E-state index contributed by atoms with van der Waals surface area (Å²) in [4.78, 5) is 2.17. The smallest absolute Gasteiger partial charge is 0.189 e. The number of likely N-dealkylation sites (tertiary alicyclic amines) is 1. The summed E-state index contributed by atoms with van der Waals surface area (Å²) >= 11 is 5.32. The van der Waals surface area contributed by atoms with E-state index in [1.807, 2.05) is 13.0 Å². The van der Waals surface area contributed by atoms with Crippen LogP contribution in [-0.2, 0) is 0 Å². The van der Waals surface area contributed by atoms with Crippen LogP contribution in [0.15, 0.2) is 23.6 Å². The Hall–Kier alpha value is -1.56. The maximum absolute atomic E-state index is 5.32. The first-order chi connectivity index (χ1) is 8.77. The van der Waals surface area contributed by atoms with E-state index < -0.39 is 0 Å². The van der Waals surface area contributed by atoms with Crippen LogP contribution in [0.1, 0.15) is 31.7 Å². The van der Waals surface area contributed by atoms with Crippen LogP contribution in [-0.4, -0.2) is 39.0 Å². The number of hydrogen-bond acceptors (Lipinski definition) is 4. The molecule has 1 aliphatic rings. The van der Waals surface area contributed by atoms with Crippen LogP contribution in [0.3, 0.4) is 0 Å². The Kier molecular flexibility index (Phi) is 4.58. The number of piperidine rings is 1. The highest BCUT2D eigenvalue weighted by Gasteiger charge is 2.12. The van der Waals surface area contributed by atoms with Crippen molar-refractivity contribution in [1.29, 1.82) is 0 Å². The number of hydrogen-bond donors (Lipinski definition) is 1. The SMILES string of the molecule is C/C(=N\NC(=S)N1CCCCC1)c1ccnnc1. The van der Waals surface area contributed by atoms with Crippen molar-refractivity contribution >= 4 is 23.0 Å². The number of thiocarbonyl (C=S) groups is 1. The molecular formula is C12H17N5S. The highest BCUT2D eigenvalue weighted by Crippen LogP contribution is 2.08. The molecule has 0 aliphatic carbocycles. The van der Waals surface area contributed by atoms with Gasteiger partial charge in [-0.1, -0.05) is 0 Å². The van der Waals surface area contributed by atoms with Gasteiger partial charge in [-0.3, -0.25) is 5.43 Å². The normalized spacial score (nSPS) is 16.5. The molecule has 1 aromatic rings. The Morgan fingerprint density at radius 3 is 2.78 bits per heavy atom. The quantitative estimate of drug-likeness (QED) is 0.498. The lowest BCUT2D eigenvalue weighted by molar-refractivity contribution is 0.338. The van der Waals surface area contributed by atoms with Gasteiger partial charge >= 0.3 is 0 Å². The predicted molar refractivity (Wildman–Crippen MR) is 75.4 cm³/mol. The van der Waals surface area contributed by atoms with Crippen LogP contribution in [0, 0.1) is 0 Å². The second kappa shape index (κ2) is 6.39. The molecule has 1 aliphatic heterocycles. The first-order valence-electron chi connectivity index (χ1n) is 6.13. The maximum atomic E-state index is 5.32. The molecule has 2 rings (SSSR count). The van der Waals surface area contributed by atoms with Crippen LogP contribution < -0.4 is 5.43 Å². The molecule has 0 saturated carbocycles. The van der Waals surface area contributed by atoms with Crippen molar-refractivity contribution in [2.45, 2.75) is 26.2 Å². The second-order valence-electron chi connectivity index (χ2n) is 4.29. The van der Waals surface area contributed by atoms with Crippen molar-refractivity contribution in [3.05, 3.63) is 24.0 Å². The van der Waals surface area contributed by atoms with Crippen LogP contribution in [0.25, 0.3) is 0 Å². The zero-order chi connectivity index (χ0) is 12.8. The molecular weight excluding hydrogens is 246 g/mol. The number of hydrazone groups is 1. The molecule has 0 amide bonds. The minimum Gasteiger partial charge on any atom is -0.348 e. The average molecular weight is 263 g/mol. The molecule has 0 unspecified atom stereocenters. The van der Waals surface area contributed by atoms with E-state index in [4.69, 9.17) is 12.2 Å². The van der Waals surface area contributed by atoms with Crippen LogP contribution in [0.5, 0.6) is 0 Å².